The topological polar surface area (TPSA) is 99.7 Å². The summed E-state index contributed by atoms with van der Waals surface area (Å²) in [6.07, 6.45) is 0.856. The van der Waals surface area contributed by atoms with Crippen molar-refractivity contribution in [2.24, 2.45) is 0 Å². The molecule has 0 amide bonds. The molecule has 3 aromatic carbocycles. The Morgan fingerprint density at radius 2 is 1.26 bits per heavy atom. The van der Waals surface area contributed by atoms with E-state index in [9.17, 15) is 0 Å². The minimum atomic E-state index is 0.00881. The van der Waals surface area contributed by atoms with E-state index in [0.717, 1.165) is 35.2 Å². The van der Waals surface area contributed by atoms with Crippen molar-refractivity contribution in [3.8, 4) is 17.1 Å². The van der Waals surface area contributed by atoms with Crippen LogP contribution in [0.5, 0.6) is 5.75 Å². The molecule has 0 radical (unpaired) electrons. The van der Waals surface area contributed by atoms with Gasteiger partial charge in [-0.15, -0.1) is 10.2 Å². The SMILES string of the molecule is c1ccc(-n2nnnc2CN(Cc2nnnn2-c2ccccc2)C[C@H]2Cc3ccccc3O2)cc1. The monoisotopic (exact) mass is 465 g/mol. The first-order chi connectivity index (χ1) is 17.3. The molecule has 0 saturated carbocycles. The Labute approximate surface area is 201 Å². The maximum absolute atomic E-state index is 6.25. The van der Waals surface area contributed by atoms with Gasteiger partial charge in [0.25, 0.3) is 0 Å². The van der Waals surface area contributed by atoms with E-state index >= 15 is 0 Å². The largest absolute Gasteiger partial charge is 0.488 e. The standard InChI is InChI=1S/C25H23N9O/c1-3-10-20(11-4-1)33-24(26-28-30-33)17-32(16-22-15-19-9-7-8-14-23(19)35-22)18-25-27-29-31-34(25)21-12-5-2-6-13-21/h1-14,22H,15-18H2/t22-/m1/s1. The van der Waals surface area contributed by atoms with Crippen molar-refractivity contribution in [3.63, 3.8) is 0 Å². The molecule has 10 nitrogen and oxygen atoms in total. The number of aromatic nitrogens is 8. The maximum atomic E-state index is 6.25. The second-order valence-corrected chi connectivity index (χ2v) is 8.41. The van der Waals surface area contributed by atoms with Crippen LogP contribution in [0.2, 0.25) is 0 Å². The van der Waals surface area contributed by atoms with Crippen molar-refractivity contribution in [1.82, 2.24) is 45.3 Å². The van der Waals surface area contributed by atoms with Crippen LogP contribution >= 0.6 is 0 Å². The van der Waals surface area contributed by atoms with Gasteiger partial charge in [0, 0.05) is 13.0 Å². The van der Waals surface area contributed by atoms with Crippen LogP contribution in [0.25, 0.3) is 11.4 Å². The van der Waals surface area contributed by atoms with Gasteiger partial charge >= 0.3 is 0 Å². The van der Waals surface area contributed by atoms with E-state index in [1.54, 1.807) is 9.36 Å². The Morgan fingerprint density at radius 3 is 1.83 bits per heavy atom. The van der Waals surface area contributed by atoms with Crippen molar-refractivity contribution in [2.75, 3.05) is 6.54 Å². The third kappa shape index (κ3) is 4.51. The molecule has 1 aliphatic heterocycles. The molecule has 2 aromatic heterocycles. The molecule has 0 bridgehead atoms. The van der Waals surface area contributed by atoms with Crippen LogP contribution in [-0.4, -0.2) is 58.0 Å². The fraction of sp³-hybridized carbons (Fsp3) is 0.200. The van der Waals surface area contributed by atoms with E-state index < -0.39 is 0 Å². The Balaban J connectivity index is 1.28. The Morgan fingerprint density at radius 1 is 0.714 bits per heavy atom. The maximum Gasteiger partial charge on any atom is 0.170 e. The normalized spacial score (nSPS) is 14.7. The highest BCUT2D eigenvalue weighted by atomic mass is 16.5. The average Bonchev–Trinajstić information content (AvgIpc) is 3.65. The van der Waals surface area contributed by atoms with Crippen molar-refractivity contribution in [3.05, 3.63) is 102 Å². The zero-order valence-corrected chi connectivity index (χ0v) is 18.9. The number of para-hydroxylation sites is 3. The molecule has 1 aliphatic rings. The first-order valence-electron chi connectivity index (χ1n) is 11.5. The number of nitrogens with zero attached hydrogens (tertiary/aromatic N) is 9. The van der Waals surface area contributed by atoms with Crippen LogP contribution in [-0.2, 0) is 19.5 Å². The van der Waals surface area contributed by atoms with Gasteiger partial charge in [0.2, 0.25) is 0 Å². The molecule has 6 rings (SSSR count). The van der Waals surface area contributed by atoms with Crippen LogP contribution in [0, 0.1) is 0 Å². The van der Waals surface area contributed by atoms with Gasteiger partial charge in [0.15, 0.2) is 11.6 Å². The van der Waals surface area contributed by atoms with Crippen molar-refractivity contribution in [2.45, 2.75) is 25.6 Å². The predicted molar refractivity (Wildman–Crippen MR) is 127 cm³/mol. The van der Waals surface area contributed by atoms with Crippen molar-refractivity contribution >= 4 is 0 Å². The highest BCUT2D eigenvalue weighted by molar-refractivity contribution is 5.37. The average molecular weight is 466 g/mol. The molecule has 5 aromatic rings. The third-order valence-electron chi connectivity index (χ3n) is 5.98. The summed E-state index contributed by atoms with van der Waals surface area (Å²) in [5.41, 5.74) is 3.04. The van der Waals surface area contributed by atoms with Crippen LogP contribution in [0.1, 0.15) is 17.2 Å². The van der Waals surface area contributed by atoms with Gasteiger partial charge in [-0.2, -0.15) is 9.36 Å². The lowest BCUT2D eigenvalue weighted by Crippen LogP contribution is -2.35. The van der Waals surface area contributed by atoms with Crippen LogP contribution in [0.3, 0.4) is 0 Å². The van der Waals surface area contributed by atoms with Gasteiger partial charge in [-0.25, -0.2) is 0 Å². The summed E-state index contributed by atoms with van der Waals surface area (Å²) >= 11 is 0. The molecular formula is C25H23N9O. The van der Waals surface area contributed by atoms with Crippen molar-refractivity contribution in [1.29, 1.82) is 0 Å². The minimum absolute atomic E-state index is 0.00881. The van der Waals surface area contributed by atoms with Gasteiger partial charge in [-0.1, -0.05) is 54.6 Å². The van der Waals surface area contributed by atoms with E-state index in [1.807, 2.05) is 78.9 Å². The molecule has 174 valence electrons. The fourth-order valence-corrected chi connectivity index (χ4v) is 4.38. The predicted octanol–water partition coefficient (Wildman–Crippen LogP) is 2.64. The zero-order chi connectivity index (χ0) is 23.5. The number of tetrazole rings is 2. The van der Waals surface area contributed by atoms with Crippen LogP contribution in [0.15, 0.2) is 84.9 Å². The Kier molecular flexibility index (Phi) is 5.69. The van der Waals surface area contributed by atoms with E-state index in [-0.39, 0.29) is 6.10 Å². The molecular weight excluding hydrogens is 442 g/mol. The highest BCUT2D eigenvalue weighted by Crippen LogP contribution is 2.29. The summed E-state index contributed by atoms with van der Waals surface area (Å²) in [6.45, 7) is 1.66. The summed E-state index contributed by atoms with van der Waals surface area (Å²) in [4.78, 5) is 2.23. The zero-order valence-electron chi connectivity index (χ0n) is 18.9. The van der Waals surface area contributed by atoms with E-state index in [4.69, 9.17) is 4.74 Å². The molecule has 10 heteroatoms. The number of benzene rings is 3. The number of ether oxygens (including phenoxy) is 1. The van der Waals surface area contributed by atoms with Gasteiger partial charge in [-0.05, 0) is 56.7 Å². The van der Waals surface area contributed by atoms with Gasteiger partial charge in [-0.3, -0.25) is 4.90 Å². The summed E-state index contributed by atoms with van der Waals surface area (Å²) in [5.74, 6) is 2.40. The quantitative estimate of drug-likeness (QED) is 0.345. The molecule has 1 atom stereocenters. The molecule has 0 spiro atoms. The van der Waals surface area contributed by atoms with Crippen LogP contribution < -0.4 is 4.74 Å². The van der Waals surface area contributed by atoms with E-state index in [1.165, 1.54) is 5.56 Å². The summed E-state index contributed by atoms with van der Waals surface area (Å²) in [7, 11) is 0. The number of hydrogen-bond acceptors (Lipinski definition) is 8. The van der Waals surface area contributed by atoms with Gasteiger partial charge in [0.1, 0.15) is 11.9 Å². The number of hydrogen-bond donors (Lipinski definition) is 0. The molecule has 35 heavy (non-hydrogen) atoms. The van der Waals surface area contributed by atoms with E-state index in [0.29, 0.717) is 19.6 Å². The van der Waals surface area contributed by atoms with Crippen LogP contribution in [0.4, 0.5) is 0 Å². The Bertz CT molecular complexity index is 1300. The summed E-state index contributed by atoms with van der Waals surface area (Å²) < 4.78 is 9.77. The fourth-order valence-electron chi connectivity index (χ4n) is 4.38. The Hall–Kier alpha value is -4.44. The number of rotatable bonds is 8. The summed E-state index contributed by atoms with van der Waals surface area (Å²) in [5, 5.41) is 24.9. The molecule has 0 unspecified atom stereocenters. The second-order valence-electron chi connectivity index (χ2n) is 8.41. The van der Waals surface area contributed by atoms with Gasteiger partial charge in [0.05, 0.1) is 24.5 Å². The molecule has 3 heterocycles. The third-order valence-corrected chi connectivity index (χ3v) is 5.98. The number of fused-ring (bicyclic) bond motifs is 1. The van der Waals surface area contributed by atoms with Crippen molar-refractivity contribution < 1.29 is 4.74 Å². The smallest absolute Gasteiger partial charge is 0.170 e. The molecule has 0 fully saturated rings. The minimum Gasteiger partial charge on any atom is -0.488 e. The highest BCUT2D eigenvalue weighted by Gasteiger charge is 2.27. The molecule has 0 aliphatic carbocycles. The second kappa shape index (κ2) is 9.43. The van der Waals surface area contributed by atoms with E-state index in [2.05, 4.69) is 42.0 Å². The summed E-state index contributed by atoms with van der Waals surface area (Å²) in [6, 6.07) is 27.9. The lowest BCUT2D eigenvalue weighted by molar-refractivity contribution is 0.134. The molecule has 0 N–H and O–H groups in total. The lowest BCUT2D eigenvalue weighted by Gasteiger charge is -2.24. The first kappa shape index (κ1) is 21.1. The lowest BCUT2D eigenvalue weighted by atomic mass is 10.1. The first-order valence-corrected chi connectivity index (χ1v) is 11.5. The van der Waals surface area contributed by atoms with Gasteiger partial charge < -0.3 is 4.74 Å². The molecule has 0 saturated heterocycles.